The van der Waals surface area contributed by atoms with Crippen molar-refractivity contribution in [2.24, 2.45) is 11.8 Å². The van der Waals surface area contributed by atoms with Gasteiger partial charge in [-0.1, -0.05) is 42.3 Å². The number of hydrogen-bond donors (Lipinski definition) is 2. The zero-order chi connectivity index (χ0) is 28.6. The third kappa shape index (κ3) is 5.39. The van der Waals surface area contributed by atoms with Crippen LogP contribution in [0.15, 0.2) is 48.6 Å². The van der Waals surface area contributed by atoms with Crippen molar-refractivity contribution in [2.45, 2.75) is 81.3 Å². The Morgan fingerprint density at radius 3 is 2.76 bits per heavy atom. The van der Waals surface area contributed by atoms with E-state index in [1.165, 1.54) is 11.1 Å². The van der Waals surface area contributed by atoms with Crippen LogP contribution >= 0.6 is 11.6 Å². The van der Waals surface area contributed by atoms with Crippen LogP contribution in [0, 0.1) is 11.8 Å². The summed E-state index contributed by atoms with van der Waals surface area (Å²) in [4.78, 5) is 14.9. The van der Waals surface area contributed by atoms with Gasteiger partial charge in [0.25, 0.3) is 0 Å². The first-order chi connectivity index (χ1) is 19.8. The Morgan fingerprint density at radius 1 is 1.10 bits per heavy atom. The maximum Gasteiger partial charge on any atom is 0.340 e. The smallest absolute Gasteiger partial charge is 0.340 e. The Hall–Kier alpha value is -2.54. The number of fused-ring (bicyclic) bond motifs is 4. The van der Waals surface area contributed by atoms with Crippen molar-refractivity contribution in [2.75, 3.05) is 31.7 Å². The van der Waals surface area contributed by atoms with Crippen LogP contribution in [-0.4, -0.2) is 49.1 Å². The molecule has 2 N–H and O–H groups in total. The van der Waals surface area contributed by atoms with Crippen LogP contribution < -0.4 is 9.64 Å². The second kappa shape index (κ2) is 11.6. The van der Waals surface area contributed by atoms with E-state index in [4.69, 9.17) is 21.1 Å². The average molecular weight is 580 g/mol. The number of methoxy groups -OCH3 is 1. The summed E-state index contributed by atoms with van der Waals surface area (Å²) in [6, 6.07) is 11.8. The molecule has 5 atom stereocenters. The van der Waals surface area contributed by atoms with Gasteiger partial charge in [0.1, 0.15) is 5.75 Å². The van der Waals surface area contributed by atoms with Crippen molar-refractivity contribution >= 4 is 23.3 Å². The van der Waals surface area contributed by atoms with Gasteiger partial charge in [-0.2, -0.15) is 0 Å². The summed E-state index contributed by atoms with van der Waals surface area (Å²) in [7, 11) is 1.82. The minimum Gasteiger partial charge on any atom is -0.490 e. The van der Waals surface area contributed by atoms with Crippen LogP contribution in [0.4, 0.5) is 5.69 Å². The molecule has 6 rings (SSSR count). The zero-order valence-corrected chi connectivity index (χ0v) is 24.7. The second-order valence-corrected chi connectivity index (χ2v) is 13.1. The molecule has 2 bridgehead atoms. The molecular weight excluding hydrogens is 538 g/mol. The fraction of sp³-hybridized carbons (Fsp3) is 0.559. The number of carbonyl (C=O) groups is 1. The largest absolute Gasteiger partial charge is 0.490 e. The highest BCUT2D eigenvalue weighted by atomic mass is 35.5. The molecule has 2 aromatic carbocycles. The lowest BCUT2D eigenvalue weighted by molar-refractivity contribution is -0.160. The quantitative estimate of drug-likeness (QED) is 0.388. The van der Waals surface area contributed by atoms with Crippen molar-refractivity contribution in [3.8, 4) is 5.75 Å². The molecule has 0 unspecified atom stereocenters. The molecule has 2 aromatic rings. The first-order valence-corrected chi connectivity index (χ1v) is 15.7. The predicted molar refractivity (Wildman–Crippen MR) is 161 cm³/mol. The van der Waals surface area contributed by atoms with Crippen molar-refractivity contribution < 1.29 is 24.5 Å². The molecule has 0 radical (unpaired) electrons. The highest BCUT2D eigenvalue weighted by Crippen LogP contribution is 2.47. The van der Waals surface area contributed by atoms with Crippen LogP contribution in [0.2, 0.25) is 5.02 Å². The average Bonchev–Trinajstić information content (AvgIpc) is 3.10. The van der Waals surface area contributed by atoms with Gasteiger partial charge in [0.2, 0.25) is 0 Å². The number of carboxylic acid groups (broad SMARTS) is 1. The molecule has 0 aromatic heterocycles. The number of benzene rings is 2. The van der Waals surface area contributed by atoms with Gasteiger partial charge >= 0.3 is 5.97 Å². The van der Waals surface area contributed by atoms with Crippen molar-refractivity contribution in [1.29, 1.82) is 0 Å². The van der Waals surface area contributed by atoms with Gasteiger partial charge in [-0.3, -0.25) is 0 Å². The highest BCUT2D eigenvalue weighted by molar-refractivity contribution is 6.30. The Balaban J connectivity index is 1.44. The fourth-order valence-electron chi connectivity index (χ4n) is 7.73. The summed E-state index contributed by atoms with van der Waals surface area (Å²) in [6.45, 7) is 2.14. The Labute approximate surface area is 248 Å². The van der Waals surface area contributed by atoms with E-state index in [9.17, 15) is 15.0 Å². The molecule has 2 heterocycles. The number of nitrogens with zero attached hydrogens (tertiary/aromatic N) is 1. The van der Waals surface area contributed by atoms with Crippen molar-refractivity contribution in [1.82, 2.24) is 0 Å². The van der Waals surface area contributed by atoms with Gasteiger partial charge in [-0.25, -0.2) is 4.79 Å². The molecular formula is C34H42ClNO5. The third-order valence-electron chi connectivity index (χ3n) is 10.2. The van der Waals surface area contributed by atoms with Crippen LogP contribution in [0.25, 0.3) is 0 Å². The van der Waals surface area contributed by atoms with Gasteiger partial charge in [0.15, 0.2) is 5.60 Å². The lowest BCUT2D eigenvalue weighted by Gasteiger charge is -2.46. The molecule has 4 aliphatic rings. The van der Waals surface area contributed by atoms with E-state index in [0.29, 0.717) is 30.4 Å². The number of allylic oxidation sites excluding steroid dienone is 1. The minimum atomic E-state index is -1.94. The number of carboxylic acids is 1. The summed E-state index contributed by atoms with van der Waals surface area (Å²) in [6.07, 6.45) is 13.4. The third-order valence-corrected chi connectivity index (χ3v) is 10.5. The molecule has 1 saturated carbocycles. The summed E-state index contributed by atoms with van der Waals surface area (Å²) in [5.41, 5.74) is 1.75. The summed E-state index contributed by atoms with van der Waals surface area (Å²) in [5, 5.41) is 22.5. The fourth-order valence-corrected chi connectivity index (χ4v) is 7.92. The lowest BCUT2D eigenvalue weighted by atomic mass is 9.68. The van der Waals surface area contributed by atoms with Crippen LogP contribution in [0.1, 0.15) is 74.5 Å². The standard InChI is InChI=1S/C34H42ClNO5/c1-40-30-9-5-3-2-4-6-17-34(39,32(37)38)25-11-15-31-29(19-25)36(20-24-10-13-27(24)30)21-33(22-41-31)16-7-8-23-18-26(35)12-14-28(23)33/h5,9,11-12,14-15,18-19,24,27,30,39H,2-4,6-8,10,13,16-17,20-22H2,1H3,(H,37,38)/b9-5-/t24-,27+,30-,33-,34+/m0/s1. The number of aryl methyl sites for hydroxylation is 1. The number of hydrogen-bond acceptors (Lipinski definition) is 5. The molecule has 0 saturated heterocycles. The van der Waals surface area contributed by atoms with E-state index in [1.807, 2.05) is 25.3 Å². The number of aliphatic hydroxyl groups is 1. The normalized spacial score (nSPS) is 32.6. The molecule has 2 aliphatic carbocycles. The summed E-state index contributed by atoms with van der Waals surface area (Å²) >= 11 is 6.41. The molecule has 2 aliphatic heterocycles. The van der Waals surface area contributed by atoms with Gasteiger partial charge in [0.05, 0.1) is 18.4 Å². The molecule has 220 valence electrons. The van der Waals surface area contributed by atoms with Crippen LogP contribution in [0.3, 0.4) is 0 Å². The highest BCUT2D eigenvalue weighted by Gasteiger charge is 2.45. The molecule has 0 amide bonds. The number of anilines is 1. The predicted octanol–water partition coefficient (Wildman–Crippen LogP) is 6.65. The number of halogens is 1. The minimum absolute atomic E-state index is 0.0966. The second-order valence-electron chi connectivity index (χ2n) is 12.7. The van der Waals surface area contributed by atoms with E-state index in [2.05, 4.69) is 29.2 Å². The zero-order valence-electron chi connectivity index (χ0n) is 24.0. The lowest BCUT2D eigenvalue weighted by Crippen LogP contribution is -2.49. The van der Waals surface area contributed by atoms with E-state index in [0.717, 1.165) is 80.9 Å². The summed E-state index contributed by atoms with van der Waals surface area (Å²) < 4.78 is 12.6. The molecule has 1 spiro atoms. The van der Waals surface area contributed by atoms with Crippen molar-refractivity contribution in [3.05, 3.63) is 70.3 Å². The first-order valence-electron chi connectivity index (χ1n) is 15.3. The van der Waals surface area contributed by atoms with Crippen LogP contribution in [-0.2, 0) is 27.0 Å². The Morgan fingerprint density at radius 2 is 1.98 bits per heavy atom. The van der Waals surface area contributed by atoms with E-state index >= 15 is 0 Å². The summed E-state index contributed by atoms with van der Waals surface area (Å²) in [5.74, 6) is 0.427. The Bertz CT molecular complexity index is 1310. The molecule has 1 fully saturated rings. The maximum atomic E-state index is 12.5. The van der Waals surface area contributed by atoms with E-state index < -0.39 is 11.6 Å². The van der Waals surface area contributed by atoms with Crippen molar-refractivity contribution in [3.63, 3.8) is 0 Å². The molecule has 41 heavy (non-hydrogen) atoms. The number of rotatable bonds is 2. The monoisotopic (exact) mass is 579 g/mol. The van der Waals surface area contributed by atoms with Crippen LogP contribution in [0.5, 0.6) is 5.75 Å². The van der Waals surface area contributed by atoms with Gasteiger partial charge in [0, 0.05) is 30.6 Å². The van der Waals surface area contributed by atoms with Gasteiger partial charge < -0.3 is 24.6 Å². The van der Waals surface area contributed by atoms with E-state index in [-0.39, 0.29) is 17.9 Å². The van der Waals surface area contributed by atoms with E-state index in [1.54, 1.807) is 6.07 Å². The van der Waals surface area contributed by atoms with Gasteiger partial charge in [-0.15, -0.1) is 0 Å². The van der Waals surface area contributed by atoms with Gasteiger partial charge in [-0.05, 0) is 111 Å². The first kappa shape index (κ1) is 28.6. The topological polar surface area (TPSA) is 79.2 Å². The molecule has 6 nitrogen and oxygen atoms in total. The molecule has 7 heteroatoms. The number of aliphatic carboxylic acids is 1. The SMILES string of the molecule is CO[C@H]1/C=C\CCCCC[C@](O)(C(=O)O)c2ccc3c(c2)N(C[C@@H]2CC[C@H]21)C[C@@]1(CCCc2cc(Cl)ccc21)CO3. The maximum absolute atomic E-state index is 12.5. The number of ether oxygens (including phenoxy) is 2. The Kier molecular flexibility index (Phi) is 8.10.